The molecule has 2 rings (SSSR count). The Morgan fingerprint density at radius 1 is 0.688 bits per heavy atom. The first-order valence-corrected chi connectivity index (χ1v) is 5.19. The van der Waals surface area contributed by atoms with E-state index in [1.807, 2.05) is 26.0 Å². The first-order valence-electron chi connectivity index (χ1n) is 5.19. The Kier molecular flexibility index (Phi) is 2.57. The third-order valence-electron chi connectivity index (χ3n) is 2.90. The summed E-state index contributed by atoms with van der Waals surface area (Å²) in [5.74, 6) is 0. The van der Waals surface area contributed by atoms with Crippen LogP contribution in [0.2, 0.25) is 0 Å². The number of rotatable bonds is 1. The zero-order chi connectivity index (χ0) is 11.7. The predicted molar refractivity (Wildman–Crippen MR) is 64.9 cm³/mol. The molecule has 0 aliphatic rings. The highest BCUT2D eigenvalue weighted by Crippen LogP contribution is 2.32. The molecule has 0 saturated heterocycles. The molecule has 78 valence electrons. The van der Waals surface area contributed by atoms with Crippen LogP contribution in [0.3, 0.4) is 0 Å². The van der Waals surface area contributed by atoms with E-state index < -0.39 is 0 Å². The lowest BCUT2D eigenvalue weighted by atomic mass is 9.95. The average molecular weight is 208 g/mol. The smallest absolute Gasteiger partial charge is 0.0892 e. The van der Waals surface area contributed by atoms with Crippen molar-refractivity contribution in [3.8, 4) is 11.1 Å². The zero-order valence-electron chi connectivity index (χ0n) is 9.36. The van der Waals surface area contributed by atoms with Crippen molar-refractivity contribution >= 4 is 11.4 Å². The lowest BCUT2D eigenvalue weighted by Gasteiger charge is -2.10. The highest BCUT2D eigenvalue weighted by molar-refractivity contribution is 5.77. The van der Waals surface area contributed by atoms with Crippen LogP contribution >= 0.6 is 0 Å². The van der Waals surface area contributed by atoms with Crippen LogP contribution in [0.4, 0.5) is 11.4 Å². The van der Waals surface area contributed by atoms with E-state index in [9.17, 15) is 11.5 Å². The fourth-order valence-electron chi connectivity index (χ4n) is 1.83. The van der Waals surface area contributed by atoms with Crippen LogP contribution in [-0.2, 0) is 0 Å². The van der Waals surface area contributed by atoms with E-state index in [1.165, 1.54) is 0 Å². The molecule has 2 aromatic carbocycles. The third kappa shape index (κ3) is 1.63. The van der Waals surface area contributed by atoms with Crippen LogP contribution in [0, 0.1) is 13.8 Å². The summed E-state index contributed by atoms with van der Waals surface area (Å²) in [6, 6.07) is 10.8. The molecule has 0 aliphatic carbocycles. The fourth-order valence-corrected chi connectivity index (χ4v) is 1.83. The summed E-state index contributed by atoms with van der Waals surface area (Å²) >= 11 is 0. The van der Waals surface area contributed by atoms with Crippen LogP contribution in [0.15, 0.2) is 36.4 Å². The van der Waals surface area contributed by atoms with Gasteiger partial charge in [-0.15, -0.1) is 0 Å². The highest BCUT2D eigenvalue weighted by Gasteiger charge is 2.09. The minimum Gasteiger partial charge on any atom is -0.150 e. The molecule has 0 unspecified atom stereocenters. The van der Waals surface area contributed by atoms with Crippen LogP contribution < -0.4 is 11.5 Å². The second-order valence-corrected chi connectivity index (χ2v) is 3.90. The van der Waals surface area contributed by atoms with Gasteiger partial charge in [-0.25, -0.2) is 0 Å². The summed E-state index contributed by atoms with van der Waals surface area (Å²) in [6.07, 6.45) is 0. The second kappa shape index (κ2) is 3.89. The predicted octanol–water partition coefficient (Wildman–Crippen LogP) is 3.37. The number of nitrogens with zero attached hydrogens (tertiary/aromatic N) is 2. The summed E-state index contributed by atoms with van der Waals surface area (Å²) in [7, 11) is 0. The SMILES string of the molecule is Cc1c([N])cccc1-c1cccc([N])c1C. The molecule has 0 spiro atoms. The third-order valence-corrected chi connectivity index (χ3v) is 2.90. The maximum atomic E-state index is 9.66. The number of benzene rings is 2. The summed E-state index contributed by atoms with van der Waals surface area (Å²) in [5, 5.41) is 0. The van der Waals surface area contributed by atoms with E-state index in [2.05, 4.69) is 0 Å². The number of hydrogen-bond acceptors (Lipinski definition) is 0. The molecule has 4 radical (unpaired) electrons. The standard InChI is InChI=1S/C14H12N2/c1-9-11(5-3-7-13(9)15)12-6-4-8-14(16)10(12)2/h3-8H,1-2H3. The lowest BCUT2D eigenvalue weighted by molar-refractivity contribution is 1.33. The minimum atomic E-state index is 0.278. The van der Waals surface area contributed by atoms with Crippen molar-refractivity contribution in [3.63, 3.8) is 0 Å². The normalized spacial score (nSPS) is 10.4. The summed E-state index contributed by atoms with van der Waals surface area (Å²) in [6.45, 7) is 3.74. The van der Waals surface area contributed by atoms with Gasteiger partial charge in [-0.3, -0.25) is 0 Å². The van der Waals surface area contributed by atoms with E-state index >= 15 is 0 Å². The summed E-state index contributed by atoms with van der Waals surface area (Å²) in [5.41, 5.74) is 23.4. The molecular formula is C14H12N2. The Bertz CT molecular complexity index is 481. The lowest BCUT2D eigenvalue weighted by Crippen LogP contribution is -1.89. The van der Waals surface area contributed by atoms with E-state index in [0.29, 0.717) is 0 Å². The van der Waals surface area contributed by atoms with Gasteiger partial charge in [0.05, 0.1) is 11.4 Å². The molecule has 0 bridgehead atoms. The van der Waals surface area contributed by atoms with Crippen LogP contribution in [-0.4, -0.2) is 0 Å². The minimum absolute atomic E-state index is 0.278. The Morgan fingerprint density at radius 2 is 1.06 bits per heavy atom. The van der Waals surface area contributed by atoms with Gasteiger partial charge in [-0.05, 0) is 48.2 Å². The topological polar surface area (TPSA) is 44.6 Å². The van der Waals surface area contributed by atoms with Gasteiger partial charge in [-0.1, -0.05) is 24.3 Å². The zero-order valence-corrected chi connectivity index (χ0v) is 9.36. The molecule has 0 heterocycles. The summed E-state index contributed by atoms with van der Waals surface area (Å²) < 4.78 is 0. The van der Waals surface area contributed by atoms with Crippen molar-refractivity contribution in [3.05, 3.63) is 47.5 Å². The molecule has 0 atom stereocenters. The van der Waals surface area contributed by atoms with E-state index in [1.54, 1.807) is 24.3 Å². The molecule has 0 amide bonds. The molecule has 16 heavy (non-hydrogen) atoms. The maximum Gasteiger partial charge on any atom is 0.0892 e. The van der Waals surface area contributed by atoms with Crippen molar-refractivity contribution < 1.29 is 0 Å². The van der Waals surface area contributed by atoms with Crippen molar-refractivity contribution in [2.75, 3.05) is 0 Å². The van der Waals surface area contributed by atoms with Gasteiger partial charge in [0.15, 0.2) is 0 Å². The highest BCUT2D eigenvalue weighted by atomic mass is 14.6. The van der Waals surface area contributed by atoms with Crippen LogP contribution in [0.5, 0.6) is 0 Å². The Labute approximate surface area is 95.9 Å². The molecule has 2 heteroatoms. The molecule has 0 saturated carbocycles. The van der Waals surface area contributed by atoms with Gasteiger partial charge in [0, 0.05) is 0 Å². The van der Waals surface area contributed by atoms with Gasteiger partial charge < -0.3 is 0 Å². The van der Waals surface area contributed by atoms with Crippen LogP contribution in [0.25, 0.3) is 11.1 Å². The monoisotopic (exact) mass is 208 g/mol. The average Bonchev–Trinajstić information content (AvgIpc) is 2.27. The molecular weight excluding hydrogens is 196 g/mol. The van der Waals surface area contributed by atoms with Crippen LogP contribution in [0.1, 0.15) is 11.1 Å². The molecule has 0 fully saturated rings. The van der Waals surface area contributed by atoms with Crippen molar-refractivity contribution in [2.24, 2.45) is 0 Å². The molecule has 2 nitrogen and oxygen atoms in total. The largest absolute Gasteiger partial charge is 0.150 e. The quantitative estimate of drug-likeness (QED) is 0.689. The van der Waals surface area contributed by atoms with E-state index in [0.717, 1.165) is 22.3 Å². The molecule has 0 aromatic heterocycles. The van der Waals surface area contributed by atoms with E-state index in [4.69, 9.17) is 0 Å². The fraction of sp³-hybridized carbons (Fsp3) is 0.143. The summed E-state index contributed by atoms with van der Waals surface area (Å²) in [4.78, 5) is 0. The van der Waals surface area contributed by atoms with Gasteiger partial charge >= 0.3 is 0 Å². The van der Waals surface area contributed by atoms with Gasteiger partial charge in [0.25, 0.3) is 0 Å². The maximum absolute atomic E-state index is 9.66. The molecule has 2 aromatic rings. The Hall–Kier alpha value is -1.96. The second-order valence-electron chi connectivity index (χ2n) is 3.90. The Balaban J connectivity index is 2.68. The Morgan fingerprint density at radius 3 is 1.44 bits per heavy atom. The first kappa shape index (κ1) is 10.6. The van der Waals surface area contributed by atoms with Crippen molar-refractivity contribution in [1.29, 1.82) is 0 Å². The molecule has 0 N–H and O–H groups in total. The van der Waals surface area contributed by atoms with Gasteiger partial charge in [0.2, 0.25) is 0 Å². The van der Waals surface area contributed by atoms with Gasteiger partial charge in [-0.2, -0.15) is 11.5 Å². The van der Waals surface area contributed by atoms with Gasteiger partial charge in [0.1, 0.15) is 0 Å². The van der Waals surface area contributed by atoms with Crippen molar-refractivity contribution in [2.45, 2.75) is 13.8 Å². The first-order chi connectivity index (χ1) is 7.61. The number of hydrogen-bond donors (Lipinski definition) is 0. The molecule has 0 aliphatic heterocycles. The van der Waals surface area contributed by atoms with Crippen molar-refractivity contribution in [1.82, 2.24) is 11.5 Å². The van der Waals surface area contributed by atoms with E-state index in [-0.39, 0.29) is 11.4 Å².